The van der Waals surface area contributed by atoms with Gasteiger partial charge in [0.15, 0.2) is 0 Å². The Balaban J connectivity index is 1.43. The maximum absolute atomic E-state index is 13.0. The number of hydrogen-bond acceptors (Lipinski definition) is 6. The summed E-state index contributed by atoms with van der Waals surface area (Å²) in [5, 5.41) is 5.70. The normalized spacial score (nSPS) is 19.0. The van der Waals surface area contributed by atoms with Gasteiger partial charge in [-0.2, -0.15) is 0 Å². The number of hydrogen-bond donors (Lipinski definition) is 3. The smallest absolute Gasteiger partial charge is 0.263 e. The number of nitrogens with zero attached hydrogens (tertiary/aromatic N) is 2. The van der Waals surface area contributed by atoms with Crippen LogP contribution in [0.25, 0.3) is 0 Å². The van der Waals surface area contributed by atoms with Gasteiger partial charge in [-0.3, -0.25) is 19.3 Å². The quantitative estimate of drug-likeness (QED) is 0.518. The molecule has 35 heavy (non-hydrogen) atoms. The van der Waals surface area contributed by atoms with E-state index in [4.69, 9.17) is 0 Å². The minimum atomic E-state index is -3.70. The number of rotatable bonds is 8. The molecule has 2 amide bonds. The van der Waals surface area contributed by atoms with Crippen molar-refractivity contribution in [3.63, 3.8) is 0 Å². The van der Waals surface area contributed by atoms with Gasteiger partial charge in [0.2, 0.25) is 11.8 Å². The second kappa shape index (κ2) is 10.5. The monoisotopic (exact) mass is 497 g/mol. The fraction of sp³-hybridized carbons (Fsp3) is 0.400. The minimum Gasteiger partial charge on any atom is -0.371 e. The number of sulfonamides is 1. The van der Waals surface area contributed by atoms with Gasteiger partial charge < -0.3 is 15.5 Å². The van der Waals surface area contributed by atoms with Crippen molar-refractivity contribution in [2.45, 2.75) is 56.5 Å². The Morgan fingerprint density at radius 2 is 1.83 bits per heavy atom. The predicted octanol–water partition coefficient (Wildman–Crippen LogP) is 2.64. The molecule has 4 rings (SSSR count). The van der Waals surface area contributed by atoms with Crippen molar-refractivity contribution < 1.29 is 18.0 Å². The first-order chi connectivity index (χ1) is 16.8. The summed E-state index contributed by atoms with van der Waals surface area (Å²) >= 11 is 0. The second-order valence-corrected chi connectivity index (χ2v) is 10.5. The van der Waals surface area contributed by atoms with E-state index < -0.39 is 28.0 Å². The third-order valence-corrected chi connectivity index (χ3v) is 7.56. The van der Waals surface area contributed by atoms with Gasteiger partial charge in [-0.15, -0.1) is 0 Å². The van der Waals surface area contributed by atoms with E-state index in [1.165, 1.54) is 6.07 Å². The Morgan fingerprint density at radius 1 is 1.09 bits per heavy atom. The first-order valence-corrected chi connectivity index (χ1v) is 13.4. The van der Waals surface area contributed by atoms with Crippen LogP contribution in [0.3, 0.4) is 0 Å². The molecular weight excluding hydrogens is 466 g/mol. The molecule has 2 atom stereocenters. The van der Waals surface area contributed by atoms with Crippen molar-refractivity contribution in [3.05, 3.63) is 54.1 Å². The first-order valence-electron chi connectivity index (χ1n) is 11.9. The van der Waals surface area contributed by atoms with Crippen LogP contribution >= 0.6 is 0 Å². The lowest BCUT2D eigenvalue weighted by Gasteiger charge is -2.21. The summed E-state index contributed by atoms with van der Waals surface area (Å²) in [6.45, 7) is 5.52. The predicted molar refractivity (Wildman–Crippen MR) is 136 cm³/mol. The zero-order valence-corrected chi connectivity index (χ0v) is 20.8. The van der Waals surface area contributed by atoms with Crippen LogP contribution in [0.4, 0.5) is 11.4 Å². The zero-order chi connectivity index (χ0) is 25.0. The third-order valence-electron chi connectivity index (χ3n) is 6.16. The van der Waals surface area contributed by atoms with Crippen LogP contribution in [-0.2, 0) is 19.6 Å². The van der Waals surface area contributed by atoms with E-state index in [0.717, 1.165) is 31.6 Å². The van der Waals surface area contributed by atoms with E-state index in [1.807, 2.05) is 31.2 Å². The molecule has 0 bridgehead atoms. The van der Waals surface area contributed by atoms with Gasteiger partial charge in [0.1, 0.15) is 17.9 Å². The number of amides is 2. The standard InChI is InChI=1S/C25H31N5O4S/c1-3-9-21(25(32)27-18-10-8-11-19(16-18)30-14-6-7-15-30)28-24(31)17(2)26-23-20-12-4-5-13-22(20)35(33,34)29-23/h4-5,8,10-13,16-17,21H,3,6-7,9,14-15H2,1-2H3,(H,26,29)(H,27,32)(H,28,31)/t17-,21?/m0/s1. The Hall–Kier alpha value is -3.40. The van der Waals surface area contributed by atoms with Gasteiger partial charge in [-0.05, 0) is 56.5 Å². The van der Waals surface area contributed by atoms with E-state index in [1.54, 1.807) is 25.1 Å². The van der Waals surface area contributed by atoms with Crippen LogP contribution in [0.1, 0.15) is 45.1 Å². The highest BCUT2D eigenvalue weighted by Crippen LogP contribution is 2.24. The van der Waals surface area contributed by atoms with Gasteiger partial charge in [-0.1, -0.05) is 31.5 Å². The average Bonchev–Trinajstić information content (AvgIpc) is 3.46. The fourth-order valence-electron chi connectivity index (χ4n) is 4.32. The average molecular weight is 498 g/mol. The van der Waals surface area contributed by atoms with E-state index in [9.17, 15) is 18.0 Å². The highest BCUT2D eigenvalue weighted by atomic mass is 32.2. The Labute approximate surface area is 206 Å². The molecule has 1 fully saturated rings. The van der Waals surface area contributed by atoms with E-state index in [2.05, 4.69) is 25.2 Å². The number of nitrogens with one attached hydrogen (secondary N) is 3. The third kappa shape index (κ3) is 5.64. The highest BCUT2D eigenvalue weighted by molar-refractivity contribution is 7.90. The van der Waals surface area contributed by atoms with Gasteiger partial charge in [0.25, 0.3) is 10.0 Å². The number of amidine groups is 1. The van der Waals surface area contributed by atoms with Gasteiger partial charge in [0.05, 0.1) is 4.90 Å². The fourth-order valence-corrected chi connectivity index (χ4v) is 5.56. The summed E-state index contributed by atoms with van der Waals surface area (Å²) in [7, 11) is -3.70. The first kappa shape index (κ1) is 24.7. The number of fused-ring (bicyclic) bond motifs is 1. The molecule has 2 aliphatic heterocycles. The number of aliphatic imine (C=N–C) groups is 1. The van der Waals surface area contributed by atoms with Gasteiger partial charge in [0, 0.05) is 30.0 Å². The number of benzene rings is 2. The largest absolute Gasteiger partial charge is 0.371 e. The molecule has 0 spiro atoms. The Kier molecular flexibility index (Phi) is 7.39. The molecule has 2 heterocycles. The lowest BCUT2D eigenvalue weighted by molar-refractivity contribution is -0.127. The van der Waals surface area contributed by atoms with Crippen LogP contribution in [0.2, 0.25) is 0 Å². The molecule has 9 nitrogen and oxygen atoms in total. The van der Waals surface area contributed by atoms with Crippen LogP contribution in [0, 0.1) is 0 Å². The molecule has 2 aromatic carbocycles. The topological polar surface area (TPSA) is 120 Å². The summed E-state index contributed by atoms with van der Waals surface area (Å²) in [4.78, 5) is 32.6. The second-order valence-electron chi connectivity index (χ2n) is 8.84. The molecule has 1 saturated heterocycles. The van der Waals surface area contributed by atoms with Crippen LogP contribution < -0.4 is 20.3 Å². The maximum atomic E-state index is 13.0. The molecule has 0 aromatic heterocycles. The van der Waals surface area contributed by atoms with Crippen molar-refractivity contribution in [1.82, 2.24) is 10.0 Å². The van der Waals surface area contributed by atoms with Crippen molar-refractivity contribution in [2.24, 2.45) is 4.99 Å². The van der Waals surface area contributed by atoms with Crippen molar-refractivity contribution in [1.29, 1.82) is 0 Å². The van der Waals surface area contributed by atoms with E-state index >= 15 is 0 Å². The molecule has 0 radical (unpaired) electrons. The maximum Gasteiger partial charge on any atom is 0.263 e. The van der Waals surface area contributed by atoms with E-state index in [0.29, 0.717) is 24.1 Å². The van der Waals surface area contributed by atoms with Crippen LogP contribution in [0.15, 0.2) is 58.4 Å². The van der Waals surface area contributed by atoms with Crippen molar-refractivity contribution in [2.75, 3.05) is 23.3 Å². The van der Waals surface area contributed by atoms with Crippen molar-refractivity contribution in [3.8, 4) is 0 Å². The molecule has 2 aliphatic rings. The highest BCUT2D eigenvalue weighted by Gasteiger charge is 2.31. The van der Waals surface area contributed by atoms with Crippen LogP contribution in [-0.4, -0.2) is 51.2 Å². The molecular formula is C25H31N5O4S. The van der Waals surface area contributed by atoms with Gasteiger partial charge >= 0.3 is 0 Å². The lowest BCUT2D eigenvalue weighted by atomic mass is 10.1. The molecule has 0 saturated carbocycles. The summed E-state index contributed by atoms with van der Waals surface area (Å²) in [5.74, 6) is -0.635. The molecule has 186 valence electrons. The summed E-state index contributed by atoms with van der Waals surface area (Å²) < 4.78 is 27.0. The molecule has 0 aliphatic carbocycles. The molecule has 10 heteroatoms. The lowest BCUT2D eigenvalue weighted by Crippen LogP contribution is -2.47. The summed E-state index contributed by atoms with van der Waals surface area (Å²) in [6.07, 6.45) is 3.48. The molecule has 2 aromatic rings. The van der Waals surface area contributed by atoms with Gasteiger partial charge in [-0.25, -0.2) is 8.42 Å². The Morgan fingerprint density at radius 3 is 2.57 bits per heavy atom. The minimum absolute atomic E-state index is 0.124. The summed E-state index contributed by atoms with van der Waals surface area (Å²) in [6, 6.07) is 12.6. The molecule has 1 unspecified atom stereocenters. The zero-order valence-electron chi connectivity index (χ0n) is 20.0. The number of anilines is 2. The SMILES string of the molecule is CCCC(NC(=O)[C@H](C)N=C1NS(=O)(=O)c2ccccc21)C(=O)Nc1cccc(N2CCCC2)c1. The molecule has 3 N–H and O–H groups in total. The van der Waals surface area contributed by atoms with E-state index in [-0.39, 0.29) is 16.6 Å². The van der Waals surface area contributed by atoms with Crippen molar-refractivity contribution >= 4 is 39.0 Å². The number of carbonyl (C=O) groups excluding carboxylic acids is 2. The Bertz CT molecular complexity index is 1240. The number of carbonyl (C=O) groups is 2. The summed E-state index contributed by atoms with van der Waals surface area (Å²) in [5.41, 5.74) is 2.17. The van der Waals surface area contributed by atoms with Crippen LogP contribution in [0.5, 0.6) is 0 Å².